The van der Waals surface area contributed by atoms with E-state index in [4.69, 9.17) is 5.73 Å². The average Bonchev–Trinajstić information content (AvgIpc) is 2.73. The van der Waals surface area contributed by atoms with Gasteiger partial charge >= 0.3 is 0 Å². The van der Waals surface area contributed by atoms with E-state index >= 15 is 0 Å². The number of benzene rings is 1. The van der Waals surface area contributed by atoms with E-state index in [1.807, 2.05) is 0 Å². The minimum atomic E-state index is 0.839. The van der Waals surface area contributed by atoms with Gasteiger partial charge in [0.25, 0.3) is 0 Å². The highest BCUT2D eigenvalue weighted by molar-refractivity contribution is 5.72. The molecule has 1 aliphatic rings. The lowest BCUT2D eigenvalue weighted by atomic mass is 10.0. The molecule has 0 unspecified atom stereocenters. The first-order valence-corrected chi connectivity index (χ1v) is 6.39. The summed E-state index contributed by atoms with van der Waals surface area (Å²) in [6, 6.07) is 8.78. The molecule has 1 heteroatoms. The molecule has 1 nitrogen and oxygen atoms in total. The van der Waals surface area contributed by atoms with Crippen molar-refractivity contribution in [2.75, 3.05) is 6.54 Å². The van der Waals surface area contributed by atoms with Gasteiger partial charge in [-0.25, -0.2) is 0 Å². The van der Waals surface area contributed by atoms with Crippen molar-refractivity contribution in [3.63, 3.8) is 0 Å². The highest BCUT2D eigenvalue weighted by atomic mass is 14.5. The highest BCUT2D eigenvalue weighted by Gasteiger charge is 2.11. The van der Waals surface area contributed by atoms with Gasteiger partial charge in [-0.1, -0.05) is 43.2 Å². The van der Waals surface area contributed by atoms with E-state index in [9.17, 15) is 0 Å². The molecule has 0 radical (unpaired) electrons. The Labute approximate surface area is 98.4 Å². The topological polar surface area (TPSA) is 26.0 Å². The molecule has 1 aromatic carbocycles. The van der Waals surface area contributed by atoms with Gasteiger partial charge in [0.2, 0.25) is 0 Å². The number of unbranched alkanes of at least 4 members (excludes halogenated alkanes) is 3. The molecule has 1 aliphatic carbocycles. The van der Waals surface area contributed by atoms with Crippen LogP contribution in [-0.2, 0) is 6.42 Å². The fourth-order valence-electron chi connectivity index (χ4n) is 2.40. The van der Waals surface area contributed by atoms with Crippen molar-refractivity contribution in [1.29, 1.82) is 0 Å². The summed E-state index contributed by atoms with van der Waals surface area (Å²) in [5.41, 5.74) is 10.0. The second-order valence-electron chi connectivity index (χ2n) is 4.54. The van der Waals surface area contributed by atoms with Crippen LogP contribution in [0.15, 0.2) is 30.3 Å². The molecule has 0 fully saturated rings. The summed E-state index contributed by atoms with van der Waals surface area (Å²) in [7, 11) is 0. The van der Waals surface area contributed by atoms with Crippen LogP contribution in [0, 0.1) is 0 Å². The quantitative estimate of drug-likeness (QED) is 0.722. The Bertz CT molecular complexity index is 365. The molecule has 0 amide bonds. The Balaban J connectivity index is 1.80. The monoisotopic (exact) mass is 215 g/mol. The van der Waals surface area contributed by atoms with Crippen LogP contribution in [0.3, 0.4) is 0 Å². The summed E-state index contributed by atoms with van der Waals surface area (Å²) in [4.78, 5) is 0. The van der Waals surface area contributed by atoms with Crippen LogP contribution in [-0.4, -0.2) is 6.54 Å². The van der Waals surface area contributed by atoms with Crippen LogP contribution in [0.5, 0.6) is 0 Å². The first-order valence-electron chi connectivity index (χ1n) is 6.39. The van der Waals surface area contributed by atoms with Crippen LogP contribution in [0.1, 0.15) is 43.2 Å². The van der Waals surface area contributed by atoms with Crippen LogP contribution >= 0.6 is 0 Å². The lowest BCUT2D eigenvalue weighted by Gasteiger charge is -2.05. The Morgan fingerprint density at radius 2 is 1.81 bits per heavy atom. The fourth-order valence-corrected chi connectivity index (χ4v) is 2.40. The normalized spacial score (nSPS) is 13.7. The van der Waals surface area contributed by atoms with Gasteiger partial charge in [0, 0.05) is 0 Å². The van der Waals surface area contributed by atoms with Crippen molar-refractivity contribution in [3.8, 4) is 0 Å². The van der Waals surface area contributed by atoms with Crippen molar-refractivity contribution < 1.29 is 0 Å². The third-order valence-corrected chi connectivity index (χ3v) is 3.33. The highest BCUT2D eigenvalue weighted by Crippen LogP contribution is 2.30. The second-order valence-corrected chi connectivity index (χ2v) is 4.54. The van der Waals surface area contributed by atoms with E-state index in [-0.39, 0.29) is 0 Å². The molecular formula is C15H21N. The third kappa shape index (κ3) is 2.73. The lowest BCUT2D eigenvalue weighted by Crippen LogP contribution is -1.97. The number of nitrogens with two attached hydrogens (primary N) is 1. The maximum atomic E-state index is 5.48. The van der Waals surface area contributed by atoms with Gasteiger partial charge in [-0.3, -0.25) is 0 Å². The van der Waals surface area contributed by atoms with Gasteiger partial charge in [-0.2, -0.15) is 0 Å². The molecule has 1 aromatic rings. The van der Waals surface area contributed by atoms with Gasteiger partial charge in [0.1, 0.15) is 0 Å². The predicted octanol–water partition coefficient (Wildman–Crippen LogP) is 3.54. The molecule has 16 heavy (non-hydrogen) atoms. The summed E-state index contributed by atoms with van der Waals surface area (Å²) in [5, 5.41) is 0. The zero-order valence-corrected chi connectivity index (χ0v) is 9.91. The van der Waals surface area contributed by atoms with Crippen LogP contribution in [0.25, 0.3) is 5.57 Å². The molecular weight excluding hydrogens is 194 g/mol. The molecule has 0 bridgehead atoms. The minimum absolute atomic E-state index is 0.839. The number of fused-ring (bicyclic) bond motifs is 1. The SMILES string of the molecule is NCCCCCCC1=CCc2ccccc21. The molecule has 0 aromatic heterocycles. The molecule has 0 atom stereocenters. The van der Waals surface area contributed by atoms with Crippen molar-refractivity contribution in [2.24, 2.45) is 5.73 Å². The Hall–Kier alpha value is -1.08. The standard InChI is InChI=1S/C15H21N/c16-12-6-2-1-3-7-13-10-11-14-8-4-5-9-15(13)14/h4-5,8-10H,1-3,6-7,11-12,16H2. The summed E-state index contributed by atoms with van der Waals surface area (Å²) in [5.74, 6) is 0. The smallest absolute Gasteiger partial charge is 0.00773 e. The number of hydrogen-bond acceptors (Lipinski definition) is 1. The molecule has 0 saturated carbocycles. The lowest BCUT2D eigenvalue weighted by molar-refractivity contribution is 0.656. The molecule has 0 heterocycles. The van der Waals surface area contributed by atoms with Gasteiger partial charge < -0.3 is 5.73 Å². The second kappa shape index (κ2) is 5.86. The minimum Gasteiger partial charge on any atom is -0.330 e. The number of rotatable bonds is 6. The zero-order valence-electron chi connectivity index (χ0n) is 9.91. The Morgan fingerprint density at radius 1 is 1.00 bits per heavy atom. The summed E-state index contributed by atoms with van der Waals surface area (Å²) in [6.07, 6.45) is 9.85. The summed E-state index contributed by atoms with van der Waals surface area (Å²) < 4.78 is 0. The van der Waals surface area contributed by atoms with Crippen molar-refractivity contribution >= 4 is 5.57 Å². The van der Waals surface area contributed by atoms with Gasteiger partial charge in [0.05, 0.1) is 0 Å². The summed E-state index contributed by atoms with van der Waals surface area (Å²) >= 11 is 0. The van der Waals surface area contributed by atoms with Gasteiger partial charge in [-0.05, 0) is 48.9 Å². The molecule has 2 N–H and O–H groups in total. The van der Waals surface area contributed by atoms with E-state index in [1.54, 1.807) is 5.57 Å². The van der Waals surface area contributed by atoms with E-state index in [2.05, 4.69) is 30.3 Å². The molecule has 0 spiro atoms. The molecule has 0 saturated heterocycles. The molecule has 0 aliphatic heterocycles. The van der Waals surface area contributed by atoms with Crippen LogP contribution in [0.2, 0.25) is 0 Å². The molecule has 2 rings (SSSR count). The van der Waals surface area contributed by atoms with Crippen molar-refractivity contribution in [3.05, 3.63) is 41.5 Å². The van der Waals surface area contributed by atoms with E-state index in [0.29, 0.717) is 0 Å². The van der Waals surface area contributed by atoms with Gasteiger partial charge in [0.15, 0.2) is 0 Å². The van der Waals surface area contributed by atoms with Crippen molar-refractivity contribution in [2.45, 2.75) is 38.5 Å². The van der Waals surface area contributed by atoms with E-state index in [1.165, 1.54) is 43.2 Å². The Morgan fingerprint density at radius 3 is 2.69 bits per heavy atom. The first-order chi connectivity index (χ1) is 7.92. The summed E-state index contributed by atoms with van der Waals surface area (Å²) in [6.45, 7) is 0.839. The maximum absolute atomic E-state index is 5.48. The van der Waals surface area contributed by atoms with Gasteiger partial charge in [-0.15, -0.1) is 0 Å². The van der Waals surface area contributed by atoms with Crippen LogP contribution in [0.4, 0.5) is 0 Å². The van der Waals surface area contributed by atoms with Crippen LogP contribution < -0.4 is 5.73 Å². The number of allylic oxidation sites excluding steroid dienone is 2. The average molecular weight is 215 g/mol. The largest absolute Gasteiger partial charge is 0.330 e. The zero-order chi connectivity index (χ0) is 11.2. The fraction of sp³-hybridized carbons (Fsp3) is 0.467. The maximum Gasteiger partial charge on any atom is -0.00773 e. The Kier molecular flexibility index (Phi) is 4.17. The van der Waals surface area contributed by atoms with E-state index in [0.717, 1.165) is 13.0 Å². The molecule has 86 valence electrons. The first kappa shape index (κ1) is 11.4. The number of hydrogen-bond donors (Lipinski definition) is 1. The third-order valence-electron chi connectivity index (χ3n) is 3.33. The van der Waals surface area contributed by atoms with E-state index < -0.39 is 0 Å². The van der Waals surface area contributed by atoms with Crippen molar-refractivity contribution in [1.82, 2.24) is 0 Å². The predicted molar refractivity (Wildman–Crippen MR) is 70.3 cm³/mol.